The summed E-state index contributed by atoms with van der Waals surface area (Å²) in [6, 6.07) is 6.61. The van der Waals surface area contributed by atoms with Gasteiger partial charge in [-0.25, -0.2) is 0 Å². The van der Waals surface area contributed by atoms with Gasteiger partial charge in [0.15, 0.2) is 0 Å². The second-order valence-electron chi connectivity index (χ2n) is 4.77. The number of hydrogen-bond acceptors (Lipinski definition) is 4. The van der Waals surface area contributed by atoms with Gasteiger partial charge in [0.1, 0.15) is 5.78 Å². The summed E-state index contributed by atoms with van der Waals surface area (Å²) in [6.07, 6.45) is 0.982. The molecular formula is C14H17N3O3. The maximum Gasteiger partial charge on any atom is 0.250 e. The molecule has 1 fully saturated rings. The highest BCUT2D eigenvalue weighted by Crippen LogP contribution is 2.14. The Morgan fingerprint density at radius 3 is 2.50 bits per heavy atom. The average Bonchev–Trinajstić information content (AvgIpc) is 2.41. The number of primary amides is 1. The van der Waals surface area contributed by atoms with Gasteiger partial charge in [-0.1, -0.05) is 12.1 Å². The zero-order valence-electron chi connectivity index (χ0n) is 11.1. The van der Waals surface area contributed by atoms with Gasteiger partial charge < -0.3 is 11.1 Å². The quantitative estimate of drug-likeness (QED) is 0.831. The largest absolute Gasteiger partial charge is 0.366 e. The Bertz CT molecular complexity index is 532. The van der Waals surface area contributed by atoms with Crippen LogP contribution in [-0.2, 0) is 9.59 Å². The zero-order chi connectivity index (χ0) is 14.5. The summed E-state index contributed by atoms with van der Waals surface area (Å²) in [5.74, 6) is -0.557. The van der Waals surface area contributed by atoms with Crippen molar-refractivity contribution in [2.75, 3.05) is 25.0 Å². The summed E-state index contributed by atoms with van der Waals surface area (Å²) >= 11 is 0. The molecule has 0 aromatic heterocycles. The molecule has 0 atom stereocenters. The van der Waals surface area contributed by atoms with Crippen LogP contribution in [0.2, 0.25) is 0 Å². The van der Waals surface area contributed by atoms with Crippen molar-refractivity contribution in [2.24, 2.45) is 5.73 Å². The number of amides is 2. The molecule has 3 N–H and O–H groups in total. The van der Waals surface area contributed by atoms with Crippen LogP contribution in [-0.4, -0.2) is 42.1 Å². The standard InChI is InChI=1S/C14H17N3O3/c15-14(20)11-3-1-2-4-12(11)16-13(19)9-17-7-5-10(18)6-8-17/h1-4H,5-9H2,(H2,15,20)(H,16,19). The molecule has 1 aliphatic heterocycles. The Kier molecular flexibility index (Phi) is 4.47. The van der Waals surface area contributed by atoms with Gasteiger partial charge in [-0.3, -0.25) is 19.3 Å². The van der Waals surface area contributed by atoms with Crippen molar-refractivity contribution in [3.63, 3.8) is 0 Å². The fourth-order valence-electron chi connectivity index (χ4n) is 2.16. The molecule has 0 radical (unpaired) electrons. The van der Waals surface area contributed by atoms with E-state index < -0.39 is 5.91 Å². The van der Waals surface area contributed by atoms with Gasteiger partial charge in [0.2, 0.25) is 5.91 Å². The smallest absolute Gasteiger partial charge is 0.250 e. The summed E-state index contributed by atoms with van der Waals surface area (Å²) < 4.78 is 0. The monoisotopic (exact) mass is 275 g/mol. The van der Waals surface area contributed by atoms with E-state index in [4.69, 9.17) is 5.73 Å². The summed E-state index contributed by atoms with van der Waals surface area (Å²) in [6.45, 7) is 1.41. The van der Waals surface area contributed by atoms with Crippen LogP contribution in [0.15, 0.2) is 24.3 Å². The maximum atomic E-state index is 11.9. The number of nitrogens with zero attached hydrogens (tertiary/aromatic N) is 1. The Labute approximate surface area is 116 Å². The van der Waals surface area contributed by atoms with Crippen LogP contribution in [0, 0.1) is 0 Å². The number of carbonyl (C=O) groups excluding carboxylic acids is 3. The first kappa shape index (κ1) is 14.2. The van der Waals surface area contributed by atoms with Gasteiger partial charge in [0, 0.05) is 25.9 Å². The van der Waals surface area contributed by atoms with E-state index in [0.717, 1.165) is 0 Å². The maximum absolute atomic E-state index is 11.9. The molecule has 0 spiro atoms. The molecular weight excluding hydrogens is 258 g/mol. The van der Waals surface area contributed by atoms with E-state index in [9.17, 15) is 14.4 Å². The number of rotatable bonds is 4. The van der Waals surface area contributed by atoms with Crippen molar-refractivity contribution >= 4 is 23.3 Å². The molecule has 6 nitrogen and oxygen atoms in total. The molecule has 2 amide bonds. The molecule has 1 saturated heterocycles. The number of carbonyl (C=O) groups is 3. The highest BCUT2D eigenvalue weighted by molar-refractivity contribution is 6.03. The van der Waals surface area contributed by atoms with Crippen molar-refractivity contribution in [2.45, 2.75) is 12.8 Å². The second-order valence-corrected chi connectivity index (χ2v) is 4.77. The highest BCUT2D eigenvalue weighted by Gasteiger charge is 2.19. The number of nitrogens with two attached hydrogens (primary N) is 1. The van der Waals surface area contributed by atoms with E-state index in [0.29, 0.717) is 31.6 Å². The molecule has 0 saturated carbocycles. The Morgan fingerprint density at radius 1 is 1.20 bits per heavy atom. The number of hydrogen-bond donors (Lipinski definition) is 2. The third kappa shape index (κ3) is 3.64. The van der Waals surface area contributed by atoms with Crippen LogP contribution in [0.3, 0.4) is 0 Å². The Hall–Kier alpha value is -2.21. The number of piperidine rings is 1. The topological polar surface area (TPSA) is 92.5 Å². The highest BCUT2D eigenvalue weighted by atomic mass is 16.2. The van der Waals surface area contributed by atoms with E-state index in [1.54, 1.807) is 24.3 Å². The van der Waals surface area contributed by atoms with Gasteiger partial charge in [0.05, 0.1) is 17.8 Å². The van der Waals surface area contributed by atoms with Crippen molar-refractivity contribution in [3.8, 4) is 0 Å². The number of para-hydroxylation sites is 1. The lowest BCUT2D eigenvalue weighted by Gasteiger charge is -2.25. The van der Waals surface area contributed by atoms with Crippen LogP contribution in [0.5, 0.6) is 0 Å². The van der Waals surface area contributed by atoms with Crippen molar-refractivity contribution in [1.29, 1.82) is 0 Å². The predicted molar refractivity (Wildman–Crippen MR) is 74.3 cm³/mol. The molecule has 6 heteroatoms. The van der Waals surface area contributed by atoms with Crippen LogP contribution in [0.4, 0.5) is 5.69 Å². The van der Waals surface area contributed by atoms with Crippen LogP contribution < -0.4 is 11.1 Å². The zero-order valence-corrected chi connectivity index (χ0v) is 11.1. The van der Waals surface area contributed by atoms with Gasteiger partial charge in [-0.2, -0.15) is 0 Å². The van der Waals surface area contributed by atoms with E-state index in [2.05, 4.69) is 5.32 Å². The van der Waals surface area contributed by atoms with E-state index in [-0.39, 0.29) is 23.8 Å². The normalized spacial score (nSPS) is 15.9. The lowest BCUT2D eigenvalue weighted by Crippen LogP contribution is -2.39. The fraction of sp³-hybridized carbons (Fsp3) is 0.357. The molecule has 106 valence electrons. The number of nitrogens with one attached hydrogen (secondary N) is 1. The first-order valence-electron chi connectivity index (χ1n) is 6.49. The van der Waals surface area contributed by atoms with E-state index in [1.807, 2.05) is 4.90 Å². The van der Waals surface area contributed by atoms with Crippen LogP contribution in [0.25, 0.3) is 0 Å². The first-order valence-corrected chi connectivity index (χ1v) is 6.49. The average molecular weight is 275 g/mol. The van der Waals surface area contributed by atoms with E-state index >= 15 is 0 Å². The minimum Gasteiger partial charge on any atom is -0.366 e. The number of ketones is 1. The first-order chi connectivity index (χ1) is 9.56. The molecule has 1 heterocycles. The lowest BCUT2D eigenvalue weighted by atomic mass is 10.1. The van der Waals surface area contributed by atoms with Crippen LogP contribution in [0.1, 0.15) is 23.2 Å². The molecule has 20 heavy (non-hydrogen) atoms. The molecule has 1 aromatic rings. The third-order valence-corrected chi connectivity index (χ3v) is 3.25. The summed E-state index contributed by atoms with van der Waals surface area (Å²) in [7, 11) is 0. The summed E-state index contributed by atoms with van der Waals surface area (Å²) in [4.78, 5) is 36.2. The molecule has 0 bridgehead atoms. The van der Waals surface area contributed by atoms with Gasteiger partial charge in [-0.05, 0) is 12.1 Å². The van der Waals surface area contributed by atoms with Crippen molar-refractivity contribution in [3.05, 3.63) is 29.8 Å². The van der Waals surface area contributed by atoms with Crippen molar-refractivity contribution in [1.82, 2.24) is 4.90 Å². The number of likely N-dealkylation sites (tertiary alicyclic amines) is 1. The molecule has 1 aromatic carbocycles. The predicted octanol–water partition coefficient (Wildman–Crippen LogP) is 0.389. The molecule has 1 aliphatic rings. The SMILES string of the molecule is NC(=O)c1ccccc1NC(=O)CN1CCC(=O)CC1. The van der Waals surface area contributed by atoms with Crippen molar-refractivity contribution < 1.29 is 14.4 Å². The van der Waals surface area contributed by atoms with E-state index in [1.165, 1.54) is 0 Å². The lowest BCUT2D eigenvalue weighted by molar-refractivity contribution is -0.124. The van der Waals surface area contributed by atoms with Crippen LogP contribution >= 0.6 is 0 Å². The summed E-state index contributed by atoms with van der Waals surface area (Å²) in [5.41, 5.74) is 5.95. The minimum absolute atomic E-state index is 0.209. The molecule has 0 aliphatic carbocycles. The minimum atomic E-state index is -0.579. The number of anilines is 1. The number of benzene rings is 1. The summed E-state index contributed by atoms with van der Waals surface area (Å²) in [5, 5.41) is 2.68. The molecule has 2 rings (SSSR count). The molecule has 0 unspecified atom stereocenters. The van der Waals surface area contributed by atoms with Gasteiger partial charge >= 0.3 is 0 Å². The Morgan fingerprint density at radius 2 is 1.85 bits per heavy atom. The number of Topliss-reactive ketones (excluding diaryl/α,β-unsaturated/α-hetero) is 1. The third-order valence-electron chi connectivity index (χ3n) is 3.25. The second kappa shape index (κ2) is 6.29. The van der Waals surface area contributed by atoms with Gasteiger partial charge in [0.25, 0.3) is 5.91 Å². The fourth-order valence-corrected chi connectivity index (χ4v) is 2.16. The Balaban J connectivity index is 1.95. The van der Waals surface area contributed by atoms with Gasteiger partial charge in [-0.15, -0.1) is 0 Å².